The first-order valence-corrected chi connectivity index (χ1v) is 4.66. The van der Waals surface area contributed by atoms with E-state index in [-0.39, 0.29) is 6.09 Å². The van der Waals surface area contributed by atoms with Gasteiger partial charge in [-0.1, -0.05) is 17.7 Å². The van der Waals surface area contributed by atoms with Gasteiger partial charge in [-0.15, -0.1) is 0 Å². The minimum absolute atomic E-state index is 0.287. The number of halogens is 1. The summed E-state index contributed by atoms with van der Waals surface area (Å²) in [5.41, 5.74) is 0.841. The lowest BCUT2D eigenvalue weighted by Gasteiger charge is -2.12. The Morgan fingerprint density at radius 2 is 2.50 bits per heavy atom. The molecule has 1 amide bonds. The molecule has 2 rings (SSSR count). The number of hydrogen-bond acceptors (Lipinski definition) is 3. The molecule has 1 aromatic heterocycles. The SMILES string of the molecule is O=C1OCCN1Cc1cccnc1Cl. The van der Waals surface area contributed by atoms with Gasteiger partial charge >= 0.3 is 6.09 Å². The Hall–Kier alpha value is -1.29. The molecule has 0 saturated carbocycles. The van der Waals surface area contributed by atoms with Gasteiger partial charge in [0.05, 0.1) is 13.1 Å². The molecule has 0 atom stereocenters. The molecule has 74 valence electrons. The maximum atomic E-state index is 11.1. The predicted octanol–water partition coefficient (Wildman–Crippen LogP) is 1.69. The van der Waals surface area contributed by atoms with Crippen molar-refractivity contribution in [1.82, 2.24) is 9.88 Å². The molecule has 2 heterocycles. The molecule has 0 aromatic carbocycles. The molecular formula is C9H9ClN2O2. The smallest absolute Gasteiger partial charge is 0.410 e. The summed E-state index contributed by atoms with van der Waals surface area (Å²) in [5, 5.41) is 0.437. The third-order valence-electron chi connectivity index (χ3n) is 2.04. The molecule has 0 bridgehead atoms. The van der Waals surface area contributed by atoms with Crippen LogP contribution in [0.4, 0.5) is 4.79 Å². The van der Waals surface area contributed by atoms with Gasteiger partial charge in [-0.25, -0.2) is 9.78 Å². The number of rotatable bonds is 2. The van der Waals surface area contributed by atoms with Crippen LogP contribution in [-0.2, 0) is 11.3 Å². The zero-order chi connectivity index (χ0) is 9.97. The van der Waals surface area contributed by atoms with Crippen LogP contribution in [0, 0.1) is 0 Å². The predicted molar refractivity (Wildman–Crippen MR) is 51.0 cm³/mol. The maximum Gasteiger partial charge on any atom is 0.410 e. The molecule has 1 aliphatic heterocycles. The van der Waals surface area contributed by atoms with Gasteiger partial charge in [0, 0.05) is 11.8 Å². The molecule has 5 heteroatoms. The van der Waals surface area contributed by atoms with E-state index in [4.69, 9.17) is 16.3 Å². The van der Waals surface area contributed by atoms with E-state index in [1.807, 2.05) is 6.07 Å². The molecule has 1 saturated heterocycles. The quantitative estimate of drug-likeness (QED) is 0.701. The van der Waals surface area contributed by atoms with E-state index < -0.39 is 0 Å². The first-order valence-electron chi connectivity index (χ1n) is 4.28. The summed E-state index contributed by atoms with van der Waals surface area (Å²) in [4.78, 5) is 16.7. The van der Waals surface area contributed by atoms with Crippen molar-refractivity contribution < 1.29 is 9.53 Å². The third kappa shape index (κ3) is 1.80. The summed E-state index contributed by atoms with van der Waals surface area (Å²) >= 11 is 5.86. The number of cyclic esters (lactones) is 1. The van der Waals surface area contributed by atoms with E-state index >= 15 is 0 Å². The van der Waals surface area contributed by atoms with Crippen LogP contribution in [-0.4, -0.2) is 29.1 Å². The molecular weight excluding hydrogens is 204 g/mol. The second-order valence-electron chi connectivity index (χ2n) is 2.99. The van der Waals surface area contributed by atoms with Crippen LogP contribution >= 0.6 is 11.6 Å². The first-order chi connectivity index (χ1) is 6.77. The average Bonchev–Trinajstić information content (AvgIpc) is 2.56. The number of ether oxygens (including phenoxy) is 1. The highest BCUT2D eigenvalue weighted by Crippen LogP contribution is 2.16. The van der Waals surface area contributed by atoms with Crippen molar-refractivity contribution in [2.24, 2.45) is 0 Å². The van der Waals surface area contributed by atoms with Gasteiger partial charge in [0.25, 0.3) is 0 Å². The van der Waals surface area contributed by atoms with Gasteiger partial charge in [0.15, 0.2) is 0 Å². The number of amides is 1. The van der Waals surface area contributed by atoms with Gasteiger partial charge in [0.1, 0.15) is 11.8 Å². The number of carbonyl (C=O) groups is 1. The van der Waals surface area contributed by atoms with Crippen LogP contribution in [0.15, 0.2) is 18.3 Å². The molecule has 0 radical (unpaired) electrons. The van der Waals surface area contributed by atoms with Gasteiger partial charge in [-0.2, -0.15) is 0 Å². The van der Waals surface area contributed by atoms with Crippen LogP contribution in [0.1, 0.15) is 5.56 Å². The monoisotopic (exact) mass is 212 g/mol. The van der Waals surface area contributed by atoms with E-state index in [1.165, 1.54) is 0 Å². The van der Waals surface area contributed by atoms with Crippen molar-refractivity contribution >= 4 is 17.7 Å². The second kappa shape index (κ2) is 3.84. The Morgan fingerprint density at radius 1 is 1.64 bits per heavy atom. The Labute approximate surface area is 86.4 Å². The topological polar surface area (TPSA) is 42.4 Å². The minimum Gasteiger partial charge on any atom is -0.448 e. The summed E-state index contributed by atoms with van der Waals surface area (Å²) in [6.07, 6.45) is 1.33. The summed E-state index contributed by atoms with van der Waals surface area (Å²) < 4.78 is 4.80. The van der Waals surface area contributed by atoms with Crippen molar-refractivity contribution in [3.8, 4) is 0 Å². The van der Waals surface area contributed by atoms with E-state index in [0.29, 0.717) is 24.8 Å². The zero-order valence-electron chi connectivity index (χ0n) is 7.44. The lowest BCUT2D eigenvalue weighted by molar-refractivity contribution is 0.157. The Balaban J connectivity index is 2.10. The molecule has 0 N–H and O–H groups in total. The lowest BCUT2D eigenvalue weighted by Crippen LogP contribution is -2.23. The second-order valence-corrected chi connectivity index (χ2v) is 3.35. The average molecular weight is 213 g/mol. The largest absolute Gasteiger partial charge is 0.448 e. The highest BCUT2D eigenvalue weighted by molar-refractivity contribution is 6.30. The molecule has 1 aliphatic rings. The molecule has 0 spiro atoms. The molecule has 14 heavy (non-hydrogen) atoms. The molecule has 0 unspecified atom stereocenters. The first kappa shape index (κ1) is 9.27. The highest BCUT2D eigenvalue weighted by Gasteiger charge is 2.22. The summed E-state index contributed by atoms with van der Waals surface area (Å²) in [6, 6.07) is 3.64. The van der Waals surface area contributed by atoms with E-state index in [9.17, 15) is 4.79 Å². The Kier molecular flexibility index (Phi) is 2.54. The number of aromatic nitrogens is 1. The Morgan fingerprint density at radius 3 is 3.14 bits per heavy atom. The van der Waals surface area contributed by atoms with Crippen LogP contribution in [0.5, 0.6) is 0 Å². The third-order valence-corrected chi connectivity index (χ3v) is 2.38. The number of pyridine rings is 1. The number of carbonyl (C=O) groups excluding carboxylic acids is 1. The van der Waals surface area contributed by atoms with Crippen molar-refractivity contribution in [3.63, 3.8) is 0 Å². The molecule has 1 aromatic rings. The maximum absolute atomic E-state index is 11.1. The normalized spacial score (nSPS) is 15.8. The van der Waals surface area contributed by atoms with Gasteiger partial charge in [0.2, 0.25) is 0 Å². The fraction of sp³-hybridized carbons (Fsp3) is 0.333. The van der Waals surface area contributed by atoms with E-state index in [0.717, 1.165) is 5.56 Å². The standard InChI is InChI=1S/C9H9ClN2O2/c10-8-7(2-1-3-11-8)6-12-4-5-14-9(12)13/h1-3H,4-6H2. The summed E-state index contributed by atoms with van der Waals surface area (Å²) in [6.45, 7) is 1.53. The number of nitrogens with zero attached hydrogens (tertiary/aromatic N) is 2. The van der Waals surface area contributed by atoms with Gasteiger partial charge in [-0.3, -0.25) is 0 Å². The van der Waals surface area contributed by atoms with Crippen LogP contribution in [0.25, 0.3) is 0 Å². The zero-order valence-corrected chi connectivity index (χ0v) is 8.20. The summed E-state index contributed by atoms with van der Waals surface area (Å²) in [5.74, 6) is 0. The van der Waals surface area contributed by atoms with Gasteiger partial charge in [-0.05, 0) is 6.07 Å². The van der Waals surface area contributed by atoms with E-state index in [2.05, 4.69) is 4.98 Å². The van der Waals surface area contributed by atoms with Crippen LogP contribution in [0.3, 0.4) is 0 Å². The Bertz CT molecular complexity index is 356. The molecule has 1 fully saturated rings. The molecule has 0 aliphatic carbocycles. The lowest BCUT2D eigenvalue weighted by atomic mass is 10.3. The minimum atomic E-state index is -0.287. The fourth-order valence-corrected chi connectivity index (χ4v) is 1.49. The van der Waals surface area contributed by atoms with Gasteiger partial charge < -0.3 is 9.64 Å². The summed E-state index contributed by atoms with van der Waals surface area (Å²) in [7, 11) is 0. The highest BCUT2D eigenvalue weighted by atomic mass is 35.5. The van der Waals surface area contributed by atoms with Crippen molar-refractivity contribution in [2.75, 3.05) is 13.2 Å². The fourth-order valence-electron chi connectivity index (χ4n) is 1.31. The van der Waals surface area contributed by atoms with Crippen LogP contribution in [0.2, 0.25) is 5.15 Å². The number of hydrogen-bond donors (Lipinski definition) is 0. The molecule has 4 nitrogen and oxygen atoms in total. The van der Waals surface area contributed by atoms with E-state index in [1.54, 1.807) is 17.2 Å². The van der Waals surface area contributed by atoms with Crippen molar-refractivity contribution in [1.29, 1.82) is 0 Å². The van der Waals surface area contributed by atoms with Crippen molar-refractivity contribution in [2.45, 2.75) is 6.54 Å². The van der Waals surface area contributed by atoms with Crippen LogP contribution < -0.4 is 0 Å². The van der Waals surface area contributed by atoms with Crippen molar-refractivity contribution in [3.05, 3.63) is 29.0 Å².